The lowest BCUT2D eigenvalue weighted by atomic mass is 9.91. The van der Waals surface area contributed by atoms with E-state index in [0.717, 1.165) is 0 Å². The Kier molecular flexibility index (Phi) is 2.28. The fraction of sp³-hybridized carbons (Fsp3) is 0.222. The Morgan fingerprint density at radius 1 is 1.00 bits per heavy atom. The second-order valence-electron chi connectivity index (χ2n) is 5.39. The van der Waals surface area contributed by atoms with Gasteiger partial charge in [0.15, 0.2) is 0 Å². The van der Waals surface area contributed by atoms with E-state index in [1.54, 1.807) is 0 Å². The Morgan fingerprint density at radius 3 is 2.68 bits per heavy atom. The average Bonchev–Trinajstić information content (AvgIpc) is 2.96. The highest BCUT2D eigenvalue weighted by molar-refractivity contribution is 5.95. The normalized spacial score (nSPS) is 16.6. The molecule has 0 saturated heterocycles. The van der Waals surface area contributed by atoms with Gasteiger partial charge in [-0.3, -0.25) is 0 Å². The Hall–Kier alpha value is -2.02. The molecule has 94 valence electrons. The highest BCUT2D eigenvalue weighted by atomic mass is 14.7. The predicted octanol–water partition coefficient (Wildman–Crippen LogP) is 5.08. The van der Waals surface area contributed by atoms with Gasteiger partial charge in [-0.1, -0.05) is 55.8 Å². The molecule has 1 aliphatic rings. The summed E-state index contributed by atoms with van der Waals surface area (Å²) in [7, 11) is 0. The molecule has 1 N–H and O–H groups in total. The number of rotatable bonds is 2. The number of hydrogen-bond acceptors (Lipinski definition) is 0. The second kappa shape index (κ2) is 3.99. The van der Waals surface area contributed by atoms with E-state index in [-0.39, 0.29) is 0 Å². The van der Waals surface area contributed by atoms with Crippen molar-refractivity contribution in [3.05, 3.63) is 59.7 Å². The number of nitrogens with one attached hydrogen (secondary N) is 1. The SMILES string of the molecule is CCCC1c2ccccc2-c2[nH]c3ccccc3c21. The summed E-state index contributed by atoms with van der Waals surface area (Å²) in [5, 5.41) is 1.40. The van der Waals surface area contributed by atoms with Crippen molar-refractivity contribution in [3.63, 3.8) is 0 Å². The van der Waals surface area contributed by atoms with Gasteiger partial charge in [-0.15, -0.1) is 0 Å². The van der Waals surface area contributed by atoms with E-state index in [1.807, 2.05) is 0 Å². The molecule has 1 nitrogen and oxygen atoms in total. The van der Waals surface area contributed by atoms with Gasteiger partial charge in [0.2, 0.25) is 0 Å². The van der Waals surface area contributed by atoms with Gasteiger partial charge in [-0.25, -0.2) is 0 Å². The van der Waals surface area contributed by atoms with Crippen LogP contribution in [0, 0.1) is 0 Å². The number of benzene rings is 2. The Morgan fingerprint density at radius 2 is 1.79 bits per heavy atom. The number of H-pyrrole nitrogens is 1. The molecule has 1 heteroatoms. The second-order valence-corrected chi connectivity index (χ2v) is 5.39. The Bertz CT molecular complexity index is 751. The van der Waals surface area contributed by atoms with Crippen LogP contribution >= 0.6 is 0 Å². The monoisotopic (exact) mass is 247 g/mol. The fourth-order valence-electron chi connectivity index (χ4n) is 3.51. The fourth-order valence-corrected chi connectivity index (χ4v) is 3.51. The van der Waals surface area contributed by atoms with Gasteiger partial charge in [0.05, 0.1) is 5.69 Å². The zero-order valence-corrected chi connectivity index (χ0v) is 11.1. The summed E-state index contributed by atoms with van der Waals surface area (Å²) in [6.07, 6.45) is 2.45. The molecule has 3 aromatic rings. The van der Waals surface area contributed by atoms with Gasteiger partial charge in [0, 0.05) is 22.4 Å². The van der Waals surface area contributed by atoms with Crippen LogP contribution < -0.4 is 0 Å². The smallest absolute Gasteiger partial charge is 0.0506 e. The van der Waals surface area contributed by atoms with Crippen molar-refractivity contribution in [2.75, 3.05) is 0 Å². The maximum atomic E-state index is 3.62. The molecule has 0 aliphatic heterocycles. The Labute approximate surface area is 113 Å². The first-order valence-corrected chi connectivity index (χ1v) is 7.10. The van der Waals surface area contributed by atoms with Crippen LogP contribution in [0.5, 0.6) is 0 Å². The molecular formula is C18H17N. The number of fused-ring (bicyclic) bond motifs is 5. The first kappa shape index (κ1) is 10.9. The highest BCUT2D eigenvalue weighted by Crippen LogP contribution is 2.49. The minimum atomic E-state index is 0.562. The minimum absolute atomic E-state index is 0.562. The summed E-state index contributed by atoms with van der Waals surface area (Å²) >= 11 is 0. The summed E-state index contributed by atoms with van der Waals surface area (Å²) in [5.74, 6) is 0.562. The van der Waals surface area contributed by atoms with Crippen molar-refractivity contribution >= 4 is 10.9 Å². The van der Waals surface area contributed by atoms with Crippen molar-refractivity contribution < 1.29 is 0 Å². The summed E-state index contributed by atoms with van der Waals surface area (Å²) in [4.78, 5) is 3.62. The van der Waals surface area contributed by atoms with E-state index in [2.05, 4.69) is 60.4 Å². The van der Waals surface area contributed by atoms with Crippen LogP contribution in [0.25, 0.3) is 22.2 Å². The van der Waals surface area contributed by atoms with Crippen molar-refractivity contribution in [2.24, 2.45) is 0 Å². The molecule has 1 unspecified atom stereocenters. The van der Waals surface area contributed by atoms with Gasteiger partial charge in [0.1, 0.15) is 0 Å². The molecule has 0 spiro atoms. The van der Waals surface area contributed by atoms with Crippen LogP contribution in [0.1, 0.15) is 36.8 Å². The largest absolute Gasteiger partial charge is 0.354 e. The van der Waals surface area contributed by atoms with Crippen LogP contribution in [-0.4, -0.2) is 4.98 Å². The van der Waals surface area contributed by atoms with Gasteiger partial charge in [-0.05, 0) is 23.6 Å². The van der Waals surface area contributed by atoms with Crippen molar-refractivity contribution in [1.29, 1.82) is 0 Å². The number of hydrogen-bond donors (Lipinski definition) is 1. The third kappa shape index (κ3) is 1.42. The molecule has 19 heavy (non-hydrogen) atoms. The minimum Gasteiger partial charge on any atom is -0.354 e. The van der Waals surface area contributed by atoms with Crippen LogP contribution in [0.2, 0.25) is 0 Å². The van der Waals surface area contributed by atoms with E-state index in [9.17, 15) is 0 Å². The molecular weight excluding hydrogens is 230 g/mol. The van der Waals surface area contributed by atoms with Crippen LogP contribution in [0.4, 0.5) is 0 Å². The van der Waals surface area contributed by atoms with E-state index in [0.29, 0.717) is 5.92 Å². The maximum Gasteiger partial charge on any atom is 0.0506 e. The standard InChI is InChI=1S/C18H17N/c1-2-7-13-12-8-3-4-9-14(12)18-17(13)15-10-5-6-11-16(15)19-18/h3-6,8-11,13,19H,2,7H2,1H3. The first-order chi connectivity index (χ1) is 9.40. The zero-order chi connectivity index (χ0) is 12.8. The Balaban J connectivity index is 2.06. The van der Waals surface area contributed by atoms with E-state index >= 15 is 0 Å². The van der Waals surface area contributed by atoms with Gasteiger partial charge in [0.25, 0.3) is 0 Å². The molecule has 0 fully saturated rings. The third-order valence-electron chi connectivity index (χ3n) is 4.28. The quantitative estimate of drug-likeness (QED) is 0.650. The van der Waals surface area contributed by atoms with E-state index < -0.39 is 0 Å². The van der Waals surface area contributed by atoms with Crippen LogP contribution in [-0.2, 0) is 0 Å². The molecule has 1 atom stereocenters. The van der Waals surface area contributed by atoms with Gasteiger partial charge < -0.3 is 4.98 Å². The number of aromatic nitrogens is 1. The molecule has 0 amide bonds. The molecule has 0 radical (unpaired) electrons. The summed E-state index contributed by atoms with van der Waals surface area (Å²) in [6, 6.07) is 17.5. The lowest BCUT2D eigenvalue weighted by Gasteiger charge is -2.12. The lowest BCUT2D eigenvalue weighted by Crippen LogP contribution is -1.95. The van der Waals surface area contributed by atoms with Crippen LogP contribution in [0.15, 0.2) is 48.5 Å². The van der Waals surface area contributed by atoms with Crippen molar-refractivity contribution in [3.8, 4) is 11.3 Å². The highest BCUT2D eigenvalue weighted by Gasteiger charge is 2.30. The lowest BCUT2D eigenvalue weighted by molar-refractivity contribution is 0.715. The summed E-state index contributed by atoms with van der Waals surface area (Å²) in [6.45, 7) is 2.27. The average molecular weight is 247 g/mol. The number of para-hydroxylation sites is 1. The number of aromatic amines is 1. The van der Waals surface area contributed by atoms with E-state index in [4.69, 9.17) is 0 Å². The summed E-state index contributed by atoms with van der Waals surface area (Å²) in [5.41, 5.74) is 7.01. The molecule has 1 heterocycles. The molecule has 0 saturated carbocycles. The van der Waals surface area contributed by atoms with Gasteiger partial charge >= 0.3 is 0 Å². The summed E-state index contributed by atoms with van der Waals surface area (Å²) < 4.78 is 0. The predicted molar refractivity (Wildman–Crippen MR) is 80.5 cm³/mol. The molecule has 0 bridgehead atoms. The van der Waals surface area contributed by atoms with Gasteiger partial charge in [-0.2, -0.15) is 0 Å². The molecule has 1 aromatic heterocycles. The molecule has 1 aliphatic carbocycles. The molecule has 2 aromatic carbocycles. The van der Waals surface area contributed by atoms with Crippen molar-refractivity contribution in [2.45, 2.75) is 25.7 Å². The molecule has 4 rings (SSSR count). The first-order valence-electron chi connectivity index (χ1n) is 7.10. The maximum absolute atomic E-state index is 3.62. The van der Waals surface area contributed by atoms with Crippen LogP contribution in [0.3, 0.4) is 0 Å². The topological polar surface area (TPSA) is 15.8 Å². The van der Waals surface area contributed by atoms with Crippen molar-refractivity contribution in [1.82, 2.24) is 4.98 Å². The zero-order valence-electron chi connectivity index (χ0n) is 11.1. The third-order valence-corrected chi connectivity index (χ3v) is 4.28. The van der Waals surface area contributed by atoms with E-state index in [1.165, 1.54) is 46.1 Å².